The van der Waals surface area contributed by atoms with Crippen LogP contribution in [-0.4, -0.2) is 47.0 Å². The lowest BCUT2D eigenvalue weighted by Crippen LogP contribution is -2.41. The minimum Gasteiger partial charge on any atom is -0.331 e. The summed E-state index contributed by atoms with van der Waals surface area (Å²) in [6, 6.07) is 17.5. The number of alkyl halides is 1. The highest BCUT2D eigenvalue weighted by Gasteiger charge is 2.42. The second-order valence-corrected chi connectivity index (χ2v) is 13.6. The number of rotatable bonds is 8. The molecule has 45 heavy (non-hydrogen) atoms. The van der Waals surface area contributed by atoms with Gasteiger partial charge in [-0.1, -0.05) is 60.1 Å². The van der Waals surface area contributed by atoms with Crippen LogP contribution < -0.4 is 5.32 Å². The van der Waals surface area contributed by atoms with Crippen molar-refractivity contribution in [2.24, 2.45) is 9.98 Å². The fourth-order valence-corrected chi connectivity index (χ4v) is 7.97. The number of nitrogens with zero attached hydrogens (tertiary/aromatic N) is 3. The molecule has 4 aliphatic heterocycles. The second kappa shape index (κ2) is 12.7. The van der Waals surface area contributed by atoms with Gasteiger partial charge in [-0.15, -0.1) is 11.8 Å². The molecule has 0 radical (unpaired) electrons. The summed E-state index contributed by atoms with van der Waals surface area (Å²) in [6.45, 7) is 5.28. The van der Waals surface area contributed by atoms with Crippen LogP contribution in [0.15, 0.2) is 111 Å². The molecule has 0 amide bonds. The zero-order valence-corrected chi connectivity index (χ0v) is 26.9. The maximum Gasteiger partial charge on any atom is 0.124 e. The van der Waals surface area contributed by atoms with E-state index in [-0.39, 0.29) is 17.1 Å². The normalized spacial score (nSPS) is 24.2. The predicted molar refractivity (Wildman–Crippen MR) is 184 cm³/mol. The molecule has 3 aromatic rings. The number of benzene rings is 3. The van der Waals surface area contributed by atoms with Crippen LogP contribution in [0.1, 0.15) is 42.5 Å². The lowest BCUT2D eigenvalue weighted by Gasteiger charge is -2.35. The average molecular weight is 641 g/mol. The topological polar surface area (TPSA) is 40.0 Å². The van der Waals surface area contributed by atoms with Crippen molar-refractivity contribution >= 4 is 45.7 Å². The Morgan fingerprint density at radius 3 is 2.84 bits per heavy atom. The van der Waals surface area contributed by atoms with E-state index in [0.717, 1.165) is 60.7 Å². The van der Waals surface area contributed by atoms with Crippen LogP contribution in [0.4, 0.5) is 8.78 Å². The van der Waals surface area contributed by atoms with Crippen LogP contribution in [0.25, 0.3) is 10.8 Å². The molecule has 4 aliphatic rings. The smallest absolute Gasteiger partial charge is 0.124 e. The Morgan fingerprint density at radius 1 is 1.16 bits per heavy atom. The summed E-state index contributed by atoms with van der Waals surface area (Å²) >= 11 is 8.47. The molecule has 1 saturated heterocycles. The molecule has 0 saturated carbocycles. The van der Waals surface area contributed by atoms with Crippen molar-refractivity contribution in [3.63, 3.8) is 0 Å². The van der Waals surface area contributed by atoms with E-state index in [1.807, 2.05) is 12.2 Å². The Kier molecular flexibility index (Phi) is 8.51. The molecule has 4 nitrogen and oxygen atoms in total. The Bertz CT molecular complexity index is 1830. The lowest BCUT2D eigenvalue weighted by atomic mass is 9.90. The highest BCUT2D eigenvalue weighted by atomic mass is 35.5. The van der Waals surface area contributed by atoms with E-state index in [9.17, 15) is 8.78 Å². The molecule has 3 aromatic carbocycles. The van der Waals surface area contributed by atoms with Gasteiger partial charge in [0.25, 0.3) is 0 Å². The van der Waals surface area contributed by atoms with E-state index in [4.69, 9.17) is 21.6 Å². The fraction of sp³-hybridized carbons (Fsp3) is 0.297. The Morgan fingerprint density at radius 2 is 2.04 bits per heavy atom. The molecule has 7 rings (SSSR count). The van der Waals surface area contributed by atoms with Crippen molar-refractivity contribution in [1.82, 2.24) is 10.2 Å². The van der Waals surface area contributed by atoms with Gasteiger partial charge in [0, 0.05) is 40.9 Å². The van der Waals surface area contributed by atoms with Crippen molar-refractivity contribution < 1.29 is 8.78 Å². The van der Waals surface area contributed by atoms with Crippen LogP contribution in [0, 0.1) is 12.7 Å². The molecule has 1 fully saturated rings. The lowest BCUT2D eigenvalue weighted by molar-refractivity contribution is 0.429. The Labute approximate surface area is 272 Å². The zero-order chi connectivity index (χ0) is 31.1. The average Bonchev–Trinajstić information content (AvgIpc) is 3.78. The first kappa shape index (κ1) is 30.2. The summed E-state index contributed by atoms with van der Waals surface area (Å²) in [7, 11) is 0. The van der Waals surface area contributed by atoms with Gasteiger partial charge >= 0.3 is 0 Å². The molecule has 0 bridgehead atoms. The van der Waals surface area contributed by atoms with Gasteiger partial charge in [-0.25, -0.2) is 13.8 Å². The third kappa shape index (κ3) is 6.18. The van der Waals surface area contributed by atoms with Crippen molar-refractivity contribution in [1.29, 1.82) is 0 Å². The summed E-state index contributed by atoms with van der Waals surface area (Å²) in [6.07, 6.45) is 8.98. The molecular formula is C37H35ClF2N4S. The van der Waals surface area contributed by atoms with Gasteiger partial charge in [0.2, 0.25) is 0 Å². The van der Waals surface area contributed by atoms with E-state index >= 15 is 0 Å². The number of amidine groups is 1. The van der Waals surface area contributed by atoms with Gasteiger partial charge in [-0.2, -0.15) is 0 Å². The summed E-state index contributed by atoms with van der Waals surface area (Å²) in [5.74, 6) is 0.626. The molecule has 8 heteroatoms. The first-order valence-corrected chi connectivity index (χ1v) is 16.8. The minimum absolute atomic E-state index is 0.187. The van der Waals surface area contributed by atoms with Crippen molar-refractivity contribution in [3.8, 4) is 0 Å². The molecule has 4 heterocycles. The number of hydrogen-bond acceptors (Lipinski definition) is 5. The summed E-state index contributed by atoms with van der Waals surface area (Å²) in [5, 5.41) is 9.06. The van der Waals surface area contributed by atoms with Crippen LogP contribution >= 0.6 is 23.4 Å². The third-order valence-corrected chi connectivity index (χ3v) is 10.3. The number of aryl methyl sites for hydroxylation is 1. The number of fused-ring (bicyclic) bond motifs is 2. The van der Waals surface area contributed by atoms with E-state index in [1.165, 1.54) is 47.0 Å². The molecule has 0 aromatic heterocycles. The molecule has 230 valence electrons. The summed E-state index contributed by atoms with van der Waals surface area (Å²) < 4.78 is 28.1. The van der Waals surface area contributed by atoms with Crippen molar-refractivity contribution in [3.05, 3.63) is 129 Å². The van der Waals surface area contributed by atoms with Crippen LogP contribution in [0.3, 0.4) is 0 Å². The molecule has 4 atom stereocenters. The number of thioether (sulfide) groups is 1. The van der Waals surface area contributed by atoms with Crippen LogP contribution in [0.2, 0.25) is 5.02 Å². The van der Waals surface area contributed by atoms with E-state index in [1.54, 1.807) is 17.8 Å². The third-order valence-electron chi connectivity index (χ3n) is 8.87. The van der Waals surface area contributed by atoms with Crippen LogP contribution in [-0.2, 0) is 6.42 Å². The molecule has 0 aliphatic carbocycles. The van der Waals surface area contributed by atoms with Crippen LogP contribution in [0.5, 0.6) is 0 Å². The quantitative estimate of drug-likeness (QED) is 0.267. The van der Waals surface area contributed by atoms with Gasteiger partial charge in [0.15, 0.2) is 0 Å². The van der Waals surface area contributed by atoms with E-state index in [2.05, 4.69) is 65.0 Å². The minimum atomic E-state index is -1.11. The Hall–Kier alpha value is -3.52. The van der Waals surface area contributed by atoms with Gasteiger partial charge < -0.3 is 10.2 Å². The SMILES string of the molecule is Cc1cccc2cc(CCN[C@H]3CC4=C(C5=N/C(=C\C(C)F)C=C5)[C@H](c5ccc(F)cc5Cl)N=C(C5CC=CS5)N4C3)ccc12. The number of allylic oxidation sites excluding steroid dienone is 4. The highest BCUT2D eigenvalue weighted by Crippen LogP contribution is 2.45. The number of nitrogens with one attached hydrogen (secondary N) is 1. The zero-order valence-electron chi connectivity index (χ0n) is 25.3. The highest BCUT2D eigenvalue weighted by molar-refractivity contribution is 8.03. The van der Waals surface area contributed by atoms with E-state index < -0.39 is 12.2 Å². The fourth-order valence-electron chi connectivity index (χ4n) is 6.76. The summed E-state index contributed by atoms with van der Waals surface area (Å²) in [4.78, 5) is 12.6. The maximum atomic E-state index is 14.2. The van der Waals surface area contributed by atoms with Gasteiger partial charge in [0.05, 0.1) is 16.7 Å². The largest absolute Gasteiger partial charge is 0.331 e. The number of aliphatic imine (C=N–C) groups is 2. The van der Waals surface area contributed by atoms with E-state index in [0.29, 0.717) is 10.7 Å². The van der Waals surface area contributed by atoms with Gasteiger partial charge in [0.1, 0.15) is 23.9 Å². The molecule has 1 N–H and O–H groups in total. The molecule has 0 spiro atoms. The predicted octanol–water partition coefficient (Wildman–Crippen LogP) is 8.83. The first-order valence-electron chi connectivity index (χ1n) is 15.5. The van der Waals surface area contributed by atoms with Crippen molar-refractivity contribution in [2.45, 2.75) is 56.6 Å². The standard InChI is InChI=1S/C37H35ClF2N4S/c1-22-5-3-6-25-18-24(8-11-29(22)25)14-15-41-28-20-33-35(32-13-10-27(42-32)17-23(2)39)36(30-12-9-26(40)19-31(30)38)43-37(44(33)21-28)34-7-4-16-45-34/h3-6,8-13,16-19,23,28,34,36,41H,7,14-15,20-21H2,1-2H3/b27-17-/t23?,28-,34?,36-/m0/s1. The number of hydrogen-bond donors (Lipinski definition) is 1. The molecule has 2 unspecified atom stereocenters. The Balaban J connectivity index is 1.21. The molecular weight excluding hydrogens is 606 g/mol. The monoisotopic (exact) mass is 640 g/mol. The number of halogens is 3. The maximum absolute atomic E-state index is 14.2. The summed E-state index contributed by atoms with van der Waals surface area (Å²) in [5.41, 5.74) is 6.78. The second-order valence-electron chi connectivity index (χ2n) is 12.1. The van der Waals surface area contributed by atoms with Gasteiger partial charge in [-0.05, 0) is 90.9 Å². The first-order chi connectivity index (χ1) is 21.8. The van der Waals surface area contributed by atoms with Crippen molar-refractivity contribution in [2.75, 3.05) is 13.1 Å². The van der Waals surface area contributed by atoms with Gasteiger partial charge in [-0.3, -0.25) is 4.99 Å².